The van der Waals surface area contributed by atoms with Gasteiger partial charge in [-0.15, -0.1) is 0 Å². The first-order valence-electron chi connectivity index (χ1n) is 6.75. The molecule has 1 amide bonds. The van der Waals surface area contributed by atoms with Crippen LogP contribution in [0.3, 0.4) is 0 Å². The van der Waals surface area contributed by atoms with E-state index in [2.05, 4.69) is 13.0 Å². The van der Waals surface area contributed by atoms with Gasteiger partial charge in [0.1, 0.15) is 0 Å². The normalized spacial score (nSPS) is 16.9. The molecule has 0 heterocycles. The fourth-order valence-electron chi connectivity index (χ4n) is 2.50. The van der Waals surface area contributed by atoms with Crippen molar-refractivity contribution in [2.45, 2.75) is 32.1 Å². The number of hydrogen-bond acceptors (Lipinski definition) is 2. The summed E-state index contributed by atoms with van der Waals surface area (Å²) in [6.07, 6.45) is 2.92. The second kappa shape index (κ2) is 6.01. The minimum Gasteiger partial charge on any atom is -0.395 e. The maximum atomic E-state index is 12.4. The van der Waals surface area contributed by atoms with E-state index in [9.17, 15) is 4.79 Å². The second-order valence-electron chi connectivity index (χ2n) is 4.86. The van der Waals surface area contributed by atoms with Gasteiger partial charge in [0.05, 0.1) is 12.5 Å². The van der Waals surface area contributed by atoms with Gasteiger partial charge in [-0.1, -0.05) is 37.6 Å². The number of aliphatic hydroxyl groups is 1. The summed E-state index contributed by atoms with van der Waals surface area (Å²) in [6, 6.07) is 8.13. The second-order valence-corrected chi connectivity index (χ2v) is 4.86. The van der Waals surface area contributed by atoms with Crippen LogP contribution in [0.5, 0.6) is 0 Å². The van der Waals surface area contributed by atoms with Gasteiger partial charge in [-0.3, -0.25) is 4.79 Å². The van der Waals surface area contributed by atoms with Crippen LogP contribution in [0.15, 0.2) is 24.3 Å². The Labute approximate surface area is 108 Å². The number of nitrogens with zero attached hydrogens (tertiary/aromatic N) is 1. The van der Waals surface area contributed by atoms with E-state index < -0.39 is 0 Å². The molecule has 2 rings (SSSR count). The molecule has 18 heavy (non-hydrogen) atoms. The lowest BCUT2D eigenvalue weighted by Gasteiger charge is -2.33. The van der Waals surface area contributed by atoms with Gasteiger partial charge in [0, 0.05) is 13.1 Å². The smallest absolute Gasteiger partial charge is 0.230 e. The van der Waals surface area contributed by atoms with Crippen LogP contribution in [0.25, 0.3) is 0 Å². The van der Waals surface area contributed by atoms with Crippen LogP contribution in [0.2, 0.25) is 0 Å². The highest BCUT2D eigenvalue weighted by Crippen LogP contribution is 2.36. The number of amides is 1. The summed E-state index contributed by atoms with van der Waals surface area (Å²) in [7, 11) is 0. The first-order valence-corrected chi connectivity index (χ1v) is 6.75. The molecule has 1 aliphatic rings. The van der Waals surface area contributed by atoms with Gasteiger partial charge in [0.25, 0.3) is 0 Å². The first-order chi connectivity index (χ1) is 8.77. The van der Waals surface area contributed by atoms with Gasteiger partial charge in [-0.05, 0) is 24.0 Å². The Bertz CT molecular complexity index is 417. The van der Waals surface area contributed by atoms with Crippen LogP contribution < -0.4 is 0 Å². The quantitative estimate of drug-likeness (QED) is 0.834. The van der Waals surface area contributed by atoms with E-state index in [0.29, 0.717) is 6.54 Å². The molecular weight excluding hydrogens is 226 g/mol. The zero-order valence-corrected chi connectivity index (χ0v) is 10.9. The predicted molar refractivity (Wildman–Crippen MR) is 71.5 cm³/mol. The molecule has 3 nitrogen and oxygen atoms in total. The molecule has 1 aromatic rings. The van der Waals surface area contributed by atoms with E-state index in [1.165, 1.54) is 11.1 Å². The monoisotopic (exact) mass is 247 g/mol. The molecule has 98 valence electrons. The van der Waals surface area contributed by atoms with Crippen molar-refractivity contribution in [3.8, 4) is 0 Å². The van der Waals surface area contributed by atoms with Gasteiger partial charge < -0.3 is 10.0 Å². The maximum absolute atomic E-state index is 12.4. The molecule has 0 saturated carbocycles. The molecular formula is C15H21NO2. The number of carbonyl (C=O) groups is 1. The molecule has 3 heteroatoms. The summed E-state index contributed by atoms with van der Waals surface area (Å²) in [5, 5.41) is 9.06. The summed E-state index contributed by atoms with van der Waals surface area (Å²) >= 11 is 0. The number of aliphatic hydroxyl groups excluding tert-OH is 1. The molecule has 1 N–H and O–H groups in total. The molecule has 0 aliphatic heterocycles. The van der Waals surface area contributed by atoms with Gasteiger partial charge in [0.2, 0.25) is 5.91 Å². The van der Waals surface area contributed by atoms with Crippen molar-refractivity contribution >= 4 is 5.91 Å². The molecule has 0 bridgehead atoms. The summed E-state index contributed by atoms with van der Waals surface area (Å²) in [5.74, 6) is 0.195. The highest BCUT2D eigenvalue weighted by atomic mass is 16.3. The molecule has 0 spiro atoms. The zero-order chi connectivity index (χ0) is 13.0. The summed E-state index contributed by atoms with van der Waals surface area (Å²) < 4.78 is 0. The molecule has 0 saturated heterocycles. The minimum atomic E-state index is 0.0182. The lowest BCUT2D eigenvalue weighted by Crippen LogP contribution is -2.41. The van der Waals surface area contributed by atoms with Crippen molar-refractivity contribution in [1.82, 2.24) is 4.90 Å². The summed E-state index contributed by atoms with van der Waals surface area (Å²) in [6.45, 7) is 3.37. The molecule has 0 fully saturated rings. The maximum Gasteiger partial charge on any atom is 0.230 e. The van der Waals surface area contributed by atoms with Crippen LogP contribution >= 0.6 is 0 Å². The number of benzene rings is 1. The van der Waals surface area contributed by atoms with Gasteiger partial charge >= 0.3 is 0 Å². The van der Waals surface area contributed by atoms with Gasteiger partial charge in [0.15, 0.2) is 0 Å². The van der Waals surface area contributed by atoms with Crippen molar-refractivity contribution in [2.24, 2.45) is 0 Å². The lowest BCUT2D eigenvalue weighted by molar-refractivity contribution is -0.134. The summed E-state index contributed by atoms with van der Waals surface area (Å²) in [5.41, 5.74) is 2.46. The molecule has 1 aliphatic carbocycles. The van der Waals surface area contributed by atoms with Crippen molar-refractivity contribution in [3.05, 3.63) is 35.4 Å². The van der Waals surface area contributed by atoms with Crippen LogP contribution in [-0.2, 0) is 11.2 Å². The number of rotatable bonds is 6. The molecule has 1 atom stereocenters. The average molecular weight is 247 g/mol. The van der Waals surface area contributed by atoms with Crippen molar-refractivity contribution in [2.75, 3.05) is 19.7 Å². The van der Waals surface area contributed by atoms with E-state index in [0.717, 1.165) is 25.8 Å². The lowest BCUT2D eigenvalue weighted by atomic mass is 9.77. The van der Waals surface area contributed by atoms with Gasteiger partial charge in [-0.2, -0.15) is 0 Å². The predicted octanol–water partition coefficient (Wildman–Crippen LogP) is 1.95. The van der Waals surface area contributed by atoms with Crippen LogP contribution in [0.4, 0.5) is 0 Å². The number of carbonyl (C=O) groups excluding carboxylic acids is 1. The van der Waals surface area contributed by atoms with E-state index in [1.54, 1.807) is 0 Å². The first kappa shape index (κ1) is 13.1. The third kappa shape index (κ3) is 2.56. The highest BCUT2D eigenvalue weighted by Gasteiger charge is 2.34. The Balaban J connectivity index is 2.02. The Morgan fingerprint density at radius 3 is 2.83 bits per heavy atom. The molecule has 1 unspecified atom stereocenters. The standard InChI is InChI=1S/C15H21NO2/c1-2-3-8-16(9-10-17)15(18)14-11-12-6-4-5-7-13(12)14/h4-7,14,17H,2-3,8-11H2,1H3. The number of fused-ring (bicyclic) bond motifs is 1. The Hall–Kier alpha value is -1.35. The third-order valence-corrected chi connectivity index (χ3v) is 3.62. The Morgan fingerprint density at radius 2 is 2.17 bits per heavy atom. The Kier molecular flexibility index (Phi) is 4.37. The fraction of sp³-hybridized carbons (Fsp3) is 0.533. The fourth-order valence-corrected chi connectivity index (χ4v) is 2.50. The van der Waals surface area contributed by atoms with Crippen molar-refractivity contribution in [3.63, 3.8) is 0 Å². The topological polar surface area (TPSA) is 40.5 Å². The SMILES string of the molecule is CCCCN(CCO)C(=O)C1Cc2ccccc21. The minimum absolute atomic E-state index is 0.0182. The van der Waals surface area contributed by atoms with Crippen LogP contribution in [0, 0.1) is 0 Å². The van der Waals surface area contributed by atoms with Crippen molar-refractivity contribution in [1.29, 1.82) is 0 Å². The zero-order valence-electron chi connectivity index (χ0n) is 10.9. The number of hydrogen-bond donors (Lipinski definition) is 1. The van der Waals surface area contributed by atoms with E-state index >= 15 is 0 Å². The molecule has 0 aromatic heterocycles. The Morgan fingerprint density at radius 1 is 1.39 bits per heavy atom. The van der Waals surface area contributed by atoms with Crippen LogP contribution in [0.1, 0.15) is 36.8 Å². The largest absolute Gasteiger partial charge is 0.395 e. The van der Waals surface area contributed by atoms with E-state index in [1.807, 2.05) is 23.1 Å². The van der Waals surface area contributed by atoms with Crippen molar-refractivity contribution < 1.29 is 9.90 Å². The van der Waals surface area contributed by atoms with Crippen LogP contribution in [-0.4, -0.2) is 35.6 Å². The molecule has 1 aromatic carbocycles. The van der Waals surface area contributed by atoms with Gasteiger partial charge in [-0.25, -0.2) is 0 Å². The molecule has 0 radical (unpaired) electrons. The number of unbranched alkanes of at least 4 members (excludes halogenated alkanes) is 1. The highest BCUT2D eigenvalue weighted by molar-refractivity contribution is 5.86. The third-order valence-electron chi connectivity index (χ3n) is 3.62. The average Bonchev–Trinajstić information content (AvgIpc) is 2.35. The van der Waals surface area contributed by atoms with E-state index in [4.69, 9.17) is 5.11 Å². The summed E-state index contributed by atoms with van der Waals surface area (Å²) in [4.78, 5) is 14.2. The van der Waals surface area contributed by atoms with E-state index in [-0.39, 0.29) is 18.4 Å².